The largest absolute Gasteiger partial charge is 0.372 e. The van der Waals surface area contributed by atoms with Crippen LogP contribution in [0.2, 0.25) is 0 Å². The summed E-state index contributed by atoms with van der Waals surface area (Å²) in [4.78, 5) is 2.50. The Kier molecular flexibility index (Phi) is 5.74. The van der Waals surface area contributed by atoms with E-state index in [2.05, 4.69) is 81.6 Å². The molecule has 2 nitrogen and oxygen atoms in total. The molecule has 23 heavy (non-hydrogen) atoms. The number of hydrogen-bond donors (Lipinski definition) is 1. The van der Waals surface area contributed by atoms with Crippen LogP contribution in [0.3, 0.4) is 0 Å². The van der Waals surface area contributed by atoms with E-state index in [0.29, 0.717) is 6.04 Å². The molecule has 1 saturated heterocycles. The summed E-state index contributed by atoms with van der Waals surface area (Å²) in [5, 5.41) is 3.61. The molecule has 0 saturated carbocycles. The van der Waals surface area contributed by atoms with E-state index in [-0.39, 0.29) is 0 Å². The molecular formula is C20H25BrN2. The van der Waals surface area contributed by atoms with Gasteiger partial charge in [-0.05, 0) is 61.6 Å². The van der Waals surface area contributed by atoms with Gasteiger partial charge in [-0.3, -0.25) is 0 Å². The Morgan fingerprint density at radius 2 is 1.78 bits per heavy atom. The van der Waals surface area contributed by atoms with Crippen molar-refractivity contribution in [3.05, 3.63) is 64.1 Å². The molecule has 0 radical (unpaired) electrons. The monoisotopic (exact) mass is 372 g/mol. The molecule has 3 rings (SSSR count). The van der Waals surface area contributed by atoms with Crippen molar-refractivity contribution < 1.29 is 0 Å². The van der Waals surface area contributed by atoms with Crippen molar-refractivity contribution in [1.29, 1.82) is 0 Å². The lowest BCUT2D eigenvalue weighted by Gasteiger charge is -2.29. The third-order valence-corrected chi connectivity index (χ3v) is 5.11. The molecule has 0 spiro atoms. The van der Waals surface area contributed by atoms with Gasteiger partial charge in [0.25, 0.3) is 0 Å². The van der Waals surface area contributed by atoms with E-state index in [1.807, 2.05) is 0 Å². The fraction of sp³-hybridized carbons (Fsp3) is 0.400. The Hall–Kier alpha value is -1.32. The van der Waals surface area contributed by atoms with Gasteiger partial charge in [-0.15, -0.1) is 0 Å². The van der Waals surface area contributed by atoms with Crippen LogP contribution in [0.5, 0.6) is 0 Å². The van der Waals surface area contributed by atoms with Crippen LogP contribution in [-0.4, -0.2) is 13.1 Å². The first-order valence-electron chi connectivity index (χ1n) is 8.55. The van der Waals surface area contributed by atoms with Crippen LogP contribution < -0.4 is 10.2 Å². The summed E-state index contributed by atoms with van der Waals surface area (Å²) < 4.78 is 1.13. The summed E-state index contributed by atoms with van der Waals surface area (Å²) in [5.41, 5.74) is 4.02. The van der Waals surface area contributed by atoms with E-state index in [0.717, 1.165) is 11.0 Å². The van der Waals surface area contributed by atoms with Gasteiger partial charge in [0, 0.05) is 35.8 Å². The predicted octanol–water partition coefficient (Wildman–Crippen LogP) is 5.29. The number of piperidine rings is 1. The molecule has 1 aliphatic heterocycles. The Labute approximate surface area is 148 Å². The standard InChI is InChI=1S/C20H25BrN2/c1-16(18-6-5-7-19(21)14-18)22-15-17-8-10-20(11-9-17)23-12-3-2-4-13-23/h5-11,14,16,22H,2-4,12-13,15H2,1H3. The molecule has 0 aromatic heterocycles. The molecule has 122 valence electrons. The Morgan fingerprint density at radius 3 is 2.48 bits per heavy atom. The molecule has 2 aromatic rings. The zero-order valence-corrected chi connectivity index (χ0v) is 15.3. The van der Waals surface area contributed by atoms with E-state index >= 15 is 0 Å². The van der Waals surface area contributed by atoms with Crippen molar-refractivity contribution in [3.8, 4) is 0 Å². The van der Waals surface area contributed by atoms with Crippen LogP contribution in [0.15, 0.2) is 53.0 Å². The smallest absolute Gasteiger partial charge is 0.0366 e. The lowest BCUT2D eigenvalue weighted by Crippen LogP contribution is -2.29. The third kappa shape index (κ3) is 4.58. The molecule has 1 fully saturated rings. The summed E-state index contributed by atoms with van der Waals surface area (Å²) in [5.74, 6) is 0. The van der Waals surface area contributed by atoms with E-state index in [9.17, 15) is 0 Å². The molecule has 0 bridgehead atoms. The maximum Gasteiger partial charge on any atom is 0.0366 e. The first-order valence-corrected chi connectivity index (χ1v) is 9.34. The van der Waals surface area contributed by atoms with Crippen molar-refractivity contribution in [2.45, 2.75) is 38.8 Å². The van der Waals surface area contributed by atoms with E-state index < -0.39 is 0 Å². The van der Waals surface area contributed by atoms with Crippen molar-refractivity contribution in [3.63, 3.8) is 0 Å². The average molecular weight is 373 g/mol. The lowest BCUT2D eigenvalue weighted by molar-refractivity contribution is 0.572. The minimum Gasteiger partial charge on any atom is -0.372 e. The van der Waals surface area contributed by atoms with Gasteiger partial charge < -0.3 is 10.2 Å². The van der Waals surface area contributed by atoms with Crippen molar-refractivity contribution in [2.24, 2.45) is 0 Å². The molecule has 1 atom stereocenters. The minimum atomic E-state index is 0.342. The van der Waals surface area contributed by atoms with Gasteiger partial charge in [0.05, 0.1) is 0 Å². The number of anilines is 1. The second-order valence-corrected chi connectivity index (χ2v) is 7.29. The highest BCUT2D eigenvalue weighted by Crippen LogP contribution is 2.21. The van der Waals surface area contributed by atoms with Crippen LogP contribution in [0.25, 0.3) is 0 Å². The summed E-state index contributed by atoms with van der Waals surface area (Å²) in [6.07, 6.45) is 4.03. The van der Waals surface area contributed by atoms with Gasteiger partial charge >= 0.3 is 0 Å². The summed E-state index contributed by atoms with van der Waals surface area (Å²) >= 11 is 3.54. The Morgan fingerprint density at radius 1 is 1.04 bits per heavy atom. The number of nitrogens with one attached hydrogen (secondary N) is 1. The lowest BCUT2D eigenvalue weighted by atomic mass is 10.1. The highest BCUT2D eigenvalue weighted by molar-refractivity contribution is 9.10. The average Bonchev–Trinajstić information content (AvgIpc) is 2.61. The van der Waals surface area contributed by atoms with Crippen molar-refractivity contribution in [1.82, 2.24) is 5.32 Å². The summed E-state index contributed by atoms with van der Waals surface area (Å²) in [6.45, 7) is 5.52. The minimum absolute atomic E-state index is 0.342. The number of benzene rings is 2. The van der Waals surface area contributed by atoms with Crippen molar-refractivity contribution in [2.75, 3.05) is 18.0 Å². The number of halogens is 1. The SMILES string of the molecule is CC(NCc1ccc(N2CCCCC2)cc1)c1cccc(Br)c1. The van der Waals surface area contributed by atoms with Crippen LogP contribution in [0.1, 0.15) is 43.4 Å². The number of hydrogen-bond acceptors (Lipinski definition) is 2. The van der Waals surface area contributed by atoms with Crippen molar-refractivity contribution >= 4 is 21.6 Å². The zero-order valence-electron chi connectivity index (χ0n) is 13.8. The predicted molar refractivity (Wildman–Crippen MR) is 102 cm³/mol. The highest BCUT2D eigenvalue weighted by Gasteiger charge is 2.10. The van der Waals surface area contributed by atoms with Gasteiger partial charge in [-0.1, -0.05) is 40.2 Å². The van der Waals surface area contributed by atoms with E-state index in [1.54, 1.807) is 0 Å². The molecule has 0 amide bonds. The van der Waals surface area contributed by atoms with Gasteiger partial charge in [-0.25, -0.2) is 0 Å². The summed E-state index contributed by atoms with van der Waals surface area (Å²) in [6, 6.07) is 17.9. The van der Waals surface area contributed by atoms with Crippen LogP contribution >= 0.6 is 15.9 Å². The molecule has 1 N–H and O–H groups in total. The van der Waals surface area contributed by atoms with Crippen LogP contribution in [0, 0.1) is 0 Å². The topological polar surface area (TPSA) is 15.3 Å². The summed E-state index contributed by atoms with van der Waals surface area (Å²) in [7, 11) is 0. The molecule has 1 unspecified atom stereocenters. The van der Waals surface area contributed by atoms with E-state index in [4.69, 9.17) is 0 Å². The van der Waals surface area contributed by atoms with Crippen LogP contribution in [0.4, 0.5) is 5.69 Å². The normalized spacial score (nSPS) is 16.3. The second-order valence-electron chi connectivity index (χ2n) is 6.37. The zero-order chi connectivity index (χ0) is 16.1. The first kappa shape index (κ1) is 16.5. The first-order chi connectivity index (χ1) is 11.2. The Bertz CT molecular complexity index is 618. The second kappa shape index (κ2) is 7.98. The molecule has 1 aliphatic rings. The van der Waals surface area contributed by atoms with E-state index in [1.165, 1.54) is 49.2 Å². The molecule has 3 heteroatoms. The maximum atomic E-state index is 3.61. The maximum absolute atomic E-state index is 3.61. The number of rotatable bonds is 5. The quantitative estimate of drug-likeness (QED) is 0.766. The Balaban J connectivity index is 1.56. The van der Waals surface area contributed by atoms with Crippen LogP contribution in [-0.2, 0) is 6.54 Å². The highest BCUT2D eigenvalue weighted by atomic mass is 79.9. The molecule has 1 heterocycles. The fourth-order valence-corrected chi connectivity index (χ4v) is 3.56. The molecule has 0 aliphatic carbocycles. The third-order valence-electron chi connectivity index (χ3n) is 4.62. The van der Waals surface area contributed by atoms with Gasteiger partial charge in [0.2, 0.25) is 0 Å². The van der Waals surface area contributed by atoms with Gasteiger partial charge in [-0.2, -0.15) is 0 Å². The fourth-order valence-electron chi connectivity index (χ4n) is 3.14. The van der Waals surface area contributed by atoms with Gasteiger partial charge in [0.1, 0.15) is 0 Å². The number of nitrogens with zero attached hydrogens (tertiary/aromatic N) is 1. The van der Waals surface area contributed by atoms with Gasteiger partial charge in [0.15, 0.2) is 0 Å². The molecule has 2 aromatic carbocycles. The molecular weight excluding hydrogens is 348 g/mol.